The van der Waals surface area contributed by atoms with Gasteiger partial charge in [0.05, 0.1) is 62.5 Å². The summed E-state index contributed by atoms with van der Waals surface area (Å²) in [4.78, 5) is 51.6. The highest BCUT2D eigenvalue weighted by atomic mass is 32.1. The molecule has 0 spiro atoms. The molecule has 2 N–H and O–H groups in total. The average Bonchev–Trinajstić information content (AvgIpc) is 3.89. The van der Waals surface area contributed by atoms with Crippen LogP contribution in [-0.4, -0.2) is 75.8 Å². The van der Waals surface area contributed by atoms with E-state index in [1.807, 2.05) is 72.0 Å². The number of nitrogens with one attached hydrogen (secondary N) is 2. The number of thiazole rings is 1. The van der Waals surface area contributed by atoms with Crippen molar-refractivity contribution in [2.24, 2.45) is 0 Å². The van der Waals surface area contributed by atoms with Gasteiger partial charge in [0.1, 0.15) is 34.4 Å². The fourth-order valence-corrected chi connectivity index (χ4v) is 9.81. The first-order chi connectivity index (χ1) is 28.7. The van der Waals surface area contributed by atoms with Gasteiger partial charge in [-0.15, -0.1) is 11.3 Å². The van der Waals surface area contributed by atoms with Crippen molar-refractivity contribution in [1.29, 1.82) is 0 Å². The average molecular weight is 833 g/mol. The van der Waals surface area contributed by atoms with E-state index in [-0.39, 0.29) is 24.3 Å². The van der Waals surface area contributed by atoms with Gasteiger partial charge in [-0.1, -0.05) is 6.07 Å². The predicted octanol–water partition coefficient (Wildman–Crippen LogP) is 10.6. The third-order valence-corrected chi connectivity index (χ3v) is 12.7. The molecule has 7 heterocycles. The number of fused-ring (bicyclic) bond motifs is 5. The van der Waals surface area contributed by atoms with E-state index in [1.165, 1.54) is 6.07 Å². The van der Waals surface area contributed by atoms with Crippen LogP contribution in [0.25, 0.3) is 44.7 Å². The number of H-pyrrole nitrogens is 2. The third kappa shape index (κ3) is 7.09. The molecular formula is C45H49FN8O5S. The number of nitrogens with zero attached hydrogens (tertiary/aromatic N) is 6. The molecule has 1 aliphatic carbocycles. The fourth-order valence-electron chi connectivity index (χ4n) is 8.71. The van der Waals surface area contributed by atoms with Crippen LogP contribution in [0, 0.1) is 5.82 Å². The number of halogens is 1. The van der Waals surface area contributed by atoms with Gasteiger partial charge in [-0.25, -0.2) is 28.9 Å². The normalized spacial score (nSPS) is 20.4. The van der Waals surface area contributed by atoms with E-state index in [0.29, 0.717) is 53.1 Å². The minimum atomic E-state index is -0.614. The van der Waals surface area contributed by atoms with Crippen molar-refractivity contribution in [2.45, 2.75) is 115 Å². The molecular weight excluding hydrogens is 784 g/mol. The van der Waals surface area contributed by atoms with Gasteiger partial charge in [-0.05, 0) is 110 Å². The van der Waals surface area contributed by atoms with Crippen LogP contribution in [0.15, 0.2) is 55.0 Å². The molecule has 0 radical (unpaired) electrons. The number of amides is 2. The van der Waals surface area contributed by atoms with E-state index >= 15 is 4.39 Å². The second kappa shape index (κ2) is 14.2. The van der Waals surface area contributed by atoms with Crippen LogP contribution in [0.2, 0.25) is 0 Å². The number of imidazole rings is 2. The number of rotatable bonds is 6. The number of ether oxygens (including phenoxy) is 3. The van der Waals surface area contributed by atoms with Gasteiger partial charge in [0, 0.05) is 41.7 Å². The number of hydrogen-bond acceptors (Lipinski definition) is 9. The molecule has 0 bridgehead atoms. The molecule has 312 valence electrons. The van der Waals surface area contributed by atoms with Gasteiger partial charge >= 0.3 is 12.2 Å². The number of carbonyl (C=O) groups is 2. The Morgan fingerprint density at radius 3 is 2.00 bits per heavy atom. The van der Waals surface area contributed by atoms with Crippen molar-refractivity contribution >= 4 is 34.4 Å². The highest BCUT2D eigenvalue weighted by molar-refractivity contribution is 7.11. The molecule has 6 aromatic rings. The van der Waals surface area contributed by atoms with Crippen LogP contribution in [0.4, 0.5) is 14.0 Å². The molecule has 3 fully saturated rings. The van der Waals surface area contributed by atoms with Crippen LogP contribution in [0.1, 0.15) is 126 Å². The summed E-state index contributed by atoms with van der Waals surface area (Å²) in [6.45, 7) is 12.4. The van der Waals surface area contributed by atoms with Crippen LogP contribution >= 0.6 is 11.3 Å². The number of carbonyl (C=O) groups excluding carboxylic acids is 2. The Morgan fingerprint density at radius 1 is 0.783 bits per heavy atom. The van der Waals surface area contributed by atoms with Crippen molar-refractivity contribution in [3.8, 4) is 39.5 Å². The van der Waals surface area contributed by atoms with Gasteiger partial charge in [0.25, 0.3) is 0 Å². The predicted molar refractivity (Wildman–Crippen MR) is 225 cm³/mol. The highest BCUT2D eigenvalue weighted by Gasteiger charge is 2.38. The Bertz CT molecular complexity index is 2640. The summed E-state index contributed by atoms with van der Waals surface area (Å²) >= 11 is 1.65. The Hall–Kier alpha value is -5.70. The molecule has 15 heteroatoms. The highest BCUT2D eigenvalue weighted by Crippen LogP contribution is 2.50. The number of aromatic amines is 2. The van der Waals surface area contributed by atoms with Crippen LogP contribution < -0.4 is 4.74 Å². The summed E-state index contributed by atoms with van der Waals surface area (Å²) < 4.78 is 37.0. The van der Waals surface area contributed by atoms with Crippen LogP contribution in [-0.2, 0) is 9.47 Å². The summed E-state index contributed by atoms with van der Waals surface area (Å²) in [5.74, 6) is 1.82. The minimum Gasteiger partial charge on any atom is -0.464 e. The van der Waals surface area contributed by atoms with E-state index in [9.17, 15) is 9.59 Å². The van der Waals surface area contributed by atoms with Crippen molar-refractivity contribution in [2.75, 3.05) is 13.1 Å². The summed E-state index contributed by atoms with van der Waals surface area (Å²) in [7, 11) is 0. The number of aromatic nitrogens is 6. The topological polar surface area (TPSA) is 143 Å². The van der Waals surface area contributed by atoms with E-state index in [1.54, 1.807) is 33.5 Å². The Balaban J connectivity index is 0.991. The third-order valence-electron chi connectivity index (χ3n) is 11.5. The SMILES string of the molecule is CC(C)(C)OC(=O)N1CCCC1c1ncc(-c2cc(F)c3c(c2)O[C@@H](c2cnc(C4CC4)s2)n2c-3cc3cc(-c4cnc(C5CCCN5C(=O)OC(C)(C)C)[nH]4)ccc32)[nH]1. The lowest BCUT2D eigenvalue weighted by Gasteiger charge is -2.29. The number of hydrogen-bond donors (Lipinski definition) is 2. The first-order valence-electron chi connectivity index (χ1n) is 20.9. The summed E-state index contributed by atoms with van der Waals surface area (Å²) in [5, 5.41) is 2.01. The quantitative estimate of drug-likeness (QED) is 0.169. The van der Waals surface area contributed by atoms with Crippen molar-refractivity contribution < 1.29 is 28.2 Å². The maximum Gasteiger partial charge on any atom is 0.410 e. The minimum absolute atomic E-state index is 0.204. The standard InChI is InChI=1S/C45H49FN8O5S/c1-44(2,3)58-42(55)52-15-7-9-32(52)38-47-21-29(50-38)25-13-14-31-27(17-25)19-34-37-28(46)18-26(20-35(37)57-41(54(31)34)36-23-49-40(60-36)24-11-12-24)30-22-48-39(51-30)33-10-8-16-53(33)43(56)59-45(4,5)6/h13-14,17-24,32-33,41H,7-12,15-16H2,1-6H3,(H,47,50)(H,48,51)/t32?,33?,41-/m0/s1. The van der Waals surface area contributed by atoms with Crippen molar-refractivity contribution in [1.82, 2.24) is 39.3 Å². The Labute approximate surface area is 351 Å². The molecule has 2 unspecified atom stereocenters. The molecule has 10 rings (SSSR count). The Morgan fingerprint density at radius 2 is 1.40 bits per heavy atom. The van der Waals surface area contributed by atoms with Crippen molar-refractivity contribution in [3.05, 3.63) is 82.3 Å². The summed E-state index contributed by atoms with van der Waals surface area (Å²) in [6.07, 6.45) is 9.60. The van der Waals surface area contributed by atoms with Gasteiger partial charge < -0.3 is 24.2 Å². The van der Waals surface area contributed by atoms with Gasteiger partial charge in [0.2, 0.25) is 6.23 Å². The second-order valence-corrected chi connectivity index (χ2v) is 19.5. The van der Waals surface area contributed by atoms with Gasteiger partial charge in [-0.2, -0.15) is 0 Å². The molecule has 4 aliphatic rings. The zero-order valence-electron chi connectivity index (χ0n) is 34.7. The summed E-state index contributed by atoms with van der Waals surface area (Å²) in [5.41, 5.74) is 3.70. The van der Waals surface area contributed by atoms with Crippen LogP contribution in [0.5, 0.6) is 5.75 Å². The molecule has 3 aliphatic heterocycles. The second-order valence-electron chi connectivity index (χ2n) is 18.4. The van der Waals surface area contributed by atoms with E-state index < -0.39 is 23.2 Å². The molecule has 4 aromatic heterocycles. The van der Waals surface area contributed by atoms with E-state index in [2.05, 4.69) is 25.6 Å². The largest absolute Gasteiger partial charge is 0.464 e. The maximum atomic E-state index is 16.7. The zero-order valence-corrected chi connectivity index (χ0v) is 35.5. The van der Waals surface area contributed by atoms with Gasteiger partial charge in [0.15, 0.2) is 0 Å². The van der Waals surface area contributed by atoms with E-state index in [4.69, 9.17) is 24.2 Å². The number of benzene rings is 2. The molecule has 1 saturated carbocycles. The fraction of sp³-hybridized carbons (Fsp3) is 0.444. The lowest BCUT2D eigenvalue weighted by atomic mass is 10.0. The molecule has 3 atom stereocenters. The molecule has 13 nitrogen and oxygen atoms in total. The lowest BCUT2D eigenvalue weighted by molar-refractivity contribution is 0.0208. The van der Waals surface area contributed by atoms with E-state index in [0.717, 1.165) is 76.4 Å². The monoisotopic (exact) mass is 832 g/mol. The first-order valence-corrected chi connectivity index (χ1v) is 21.7. The Kier molecular flexibility index (Phi) is 9.12. The number of likely N-dealkylation sites (tertiary alicyclic amines) is 2. The van der Waals surface area contributed by atoms with Crippen molar-refractivity contribution in [3.63, 3.8) is 0 Å². The lowest BCUT2D eigenvalue weighted by Crippen LogP contribution is -2.36. The molecule has 2 saturated heterocycles. The molecule has 60 heavy (non-hydrogen) atoms. The summed E-state index contributed by atoms with van der Waals surface area (Å²) in [6, 6.07) is 11.1. The first kappa shape index (κ1) is 38.5. The zero-order chi connectivity index (χ0) is 41.7. The molecule has 2 amide bonds. The van der Waals surface area contributed by atoms with Crippen LogP contribution in [0.3, 0.4) is 0 Å². The smallest absolute Gasteiger partial charge is 0.410 e. The van der Waals surface area contributed by atoms with Gasteiger partial charge in [-0.3, -0.25) is 14.4 Å². The maximum absolute atomic E-state index is 16.7. The molecule has 2 aromatic carbocycles.